The van der Waals surface area contributed by atoms with Crippen molar-refractivity contribution in [3.63, 3.8) is 0 Å². The van der Waals surface area contributed by atoms with E-state index in [0.29, 0.717) is 5.11 Å². The lowest BCUT2D eigenvalue weighted by Gasteiger charge is -2.07. The molecule has 0 saturated heterocycles. The summed E-state index contributed by atoms with van der Waals surface area (Å²) in [5.74, 6) is 0. The minimum absolute atomic E-state index is 0.291. The third-order valence-corrected chi connectivity index (χ3v) is 1.76. The topological polar surface area (TPSA) is 38.0 Å². The summed E-state index contributed by atoms with van der Waals surface area (Å²) in [6, 6.07) is 7.91. The van der Waals surface area contributed by atoms with Gasteiger partial charge in [-0.3, -0.25) is 0 Å². The molecule has 14 heavy (non-hydrogen) atoms. The number of nitrogens with one attached hydrogen (secondary N) is 1. The van der Waals surface area contributed by atoms with Crippen molar-refractivity contribution in [2.45, 2.75) is 13.8 Å². The van der Waals surface area contributed by atoms with Gasteiger partial charge in [-0.15, -0.1) is 0 Å². The van der Waals surface area contributed by atoms with Crippen LogP contribution in [0.4, 0.5) is 5.69 Å². The van der Waals surface area contributed by atoms with Gasteiger partial charge in [0.05, 0.1) is 0 Å². The first-order valence-corrected chi connectivity index (χ1v) is 4.81. The number of hydrogen-bond acceptors (Lipinski definition) is 1. The van der Waals surface area contributed by atoms with Gasteiger partial charge in [0.2, 0.25) is 0 Å². The second-order valence-electron chi connectivity index (χ2n) is 3.30. The molecule has 0 aliphatic heterocycles. The third-order valence-electron chi connectivity index (χ3n) is 1.66. The van der Waals surface area contributed by atoms with Crippen LogP contribution in [0.25, 0.3) is 6.08 Å². The highest BCUT2D eigenvalue weighted by Crippen LogP contribution is 2.17. The van der Waals surface area contributed by atoms with E-state index in [1.54, 1.807) is 0 Å². The minimum Gasteiger partial charge on any atom is -0.376 e. The predicted octanol–water partition coefficient (Wildman–Crippen LogP) is 2.77. The standard InChI is InChI=1S/C11H14N2S/c1-8(2)7-9-5-3-4-6-10(9)13-11(12)14/h3-7H,1-2H3,(H3,12,13,14). The zero-order valence-electron chi connectivity index (χ0n) is 8.37. The van der Waals surface area contributed by atoms with Crippen LogP contribution in [0.1, 0.15) is 19.4 Å². The fourth-order valence-corrected chi connectivity index (χ4v) is 1.29. The van der Waals surface area contributed by atoms with Gasteiger partial charge in [-0.1, -0.05) is 29.8 Å². The van der Waals surface area contributed by atoms with Crippen LogP contribution in [0.2, 0.25) is 0 Å². The number of allylic oxidation sites excluding steroid dienone is 1. The molecular weight excluding hydrogens is 192 g/mol. The Bertz CT molecular complexity index is 365. The zero-order chi connectivity index (χ0) is 10.6. The molecule has 0 aliphatic rings. The van der Waals surface area contributed by atoms with E-state index in [1.165, 1.54) is 5.57 Å². The average Bonchev–Trinajstić information content (AvgIpc) is 2.06. The molecule has 3 heteroatoms. The molecular formula is C11H14N2S. The Morgan fingerprint density at radius 1 is 1.36 bits per heavy atom. The Balaban J connectivity index is 3.03. The molecule has 0 fully saturated rings. The molecule has 0 unspecified atom stereocenters. The smallest absolute Gasteiger partial charge is 0.168 e. The van der Waals surface area contributed by atoms with Gasteiger partial charge in [0.15, 0.2) is 5.11 Å². The van der Waals surface area contributed by atoms with Crippen LogP contribution < -0.4 is 11.1 Å². The Morgan fingerprint density at radius 2 is 2.00 bits per heavy atom. The summed E-state index contributed by atoms with van der Waals surface area (Å²) in [5, 5.41) is 3.23. The van der Waals surface area contributed by atoms with E-state index in [4.69, 9.17) is 18.0 Å². The molecule has 0 saturated carbocycles. The van der Waals surface area contributed by atoms with Crippen molar-refractivity contribution in [1.29, 1.82) is 0 Å². The summed E-state index contributed by atoms with van der Waals surface area (Å²) >= 11 is 4.80. The van der Waals surface area contributed by atoms with Crippen molar-refractivity contribution in [2.24, 2.45) is 5.73 Å². The van der Waals surface area contributed by atoms with Crippen LogP contribution in [-0.2, 0) is 0 Å². The Hall–Kier alpha value is -1.35. The van der Waals surface area contributed by atoms with Crippen molar-refractivity contribution < 1.29 is 0 Å². The Labute approximate surface area is 89.8 Å². The van der Waals surface area contributed by atoms with Gasteiger partial charge in [-0.2, -0.15) is 0 Å². The molecule has 0 atom stereocenters. The van der Waals surface area contributed by atoms with Crippen LogP contribution in [-0.4, -0.2) is 5.11 Å². The van der Waals surface area contributed by atoms with E-state index in [-0.39, 0.29) is 0 Å². The number of nitrogens with two attached hydrogens (primary N) is 1. The molecule has 0 radical (unpaired) electrons. The number of anilines is 1. The van der Waals surface area contributed by atoms with Crippen LogP contribution in [0, 0.1) is 0 Å². The molecule has 0 aromatic heterocycles. The number of thiocarbonyl (C=S) groups is 1. The van der Waals surface area contributed by atoms with Gasteiger partial charge in [-0.25, -0.2) is 0 Å². The normalized spacial score (nSPS) is 9.29. The minimum atomic E-state index is 0.291. The van der Waals surface area contributed by atoms with Crippen LogP contribution in [0.5, 0.6) is 0 Å². The van der Waals surface area contributed by atoms with Crippen molar-refractivity contribution in [3.8, 4) is 0 Å². The predicted molar refractivity (Wildman–Crippen MR) is 66.2 cm³/mol. The largest absolute Gasteiger partial charge is 0.376 e. The van der Waals surface area contributed by atoms with Crippen LogP contribution in [0.3, 0.4) is 0 Å². The van der Waals surface area contributed by atoms with E-state index >= 15 is 0 Å². The molecule has 2 nitrogen and oxygen atoms in total. The molecule has 1 rings (SSSR count). The summed E-state index contributed by atoms with van der Waals surface area (Å²) in [4.78, 5) is 0. The first-order valence-electron chi connectivity index (χ1n) is 4.40. The highest BCUT2D eigenvalue weighted by molar-refractivity contribution is 7.80. The fraction of sp³-hybridized carbons (Fsp3) is 0.182. The number of para-hydroxylation sites is 1. The quantitative estimate of drug-likeness (QED) is 0.731. The van der Waals surface area contributed by atoms with E-state index in [9.17, 15) is 0 Å². The number of hydrogen-bond donors (Lipinski definition) is 2. The lowest BCUT2D eigenvalue weighted by Crippen LogP contribution is -2.19. The SMILES string of the molecule is CC(C)=Cc1ccccc1NC(N)=S. The highest BCUT2D eigenvalue weighted by atomic mass is 32.1. The van der Waals surface area contributed by atoms with E-state index in [1.807, 2.05) is 24.3 Å². The fourth-order valence-electron chi connectivity index (χ4n) is 1.18. The lowest BCUT2D eigenvalue weighted by atomic mass is 10.1. The molecule has 0 aliphatic carbocycles. The summed E-state index contributed by atoms with van der Waals surface area (Å²) in [6.07, 6.45) is 2.08. The molecule has 0 bridgehead atoms. The number of rotatable bonds is 2. The first kappa shape index (κ1) is 10.7. The van der Waals surface area contributed by atoms with Gasteiger partial charge in [0.1, 0.15) is 0 Å². The number of benzene rings is 1. The van der Waals surface area contributed by atoms with Gasteiger partial charge in [-0.05, 0) is 37.7 Å². The third kappa shape index (κ3) is 3.18. The highest BCUT2D eigenvalue weighted by Gasteiger charge is 1.98. The monoisotopic (exact) mass is 206 g/mol. The molecule has 0 heterocycles. The molecule has 1 aromatic carbocycles. The second-order valence-corrected chi connectivity index (χ2v) is 3.74. The summed E-state index contributed by atoms with van der Waals surface area (Å²) in [6.45, 7) is 4.11. The van der Waals surface area contributed by atoms with E-state index < -0.39 is 0 Å². The Kier molecular flexibility index (Phi) is 3.65. The first-order chi connectivity index (χ1) is 6.59. The maximum Gasteiger partial charge on any atom is 0.168 e. The molecule has 0 amide bonds. The summed E-state index contributed by atoms with van der Waals surface area (Å²) < 4.78 is 0. The van der Waals surface area contributed by atoms with Crippen molar-refractivity contribution in [2.75, 3.05) is 5.32 Å². The molecule has 74 valence electrons. The van der Waals surface area contributed by atoms with Crippen molar-refractivity contribution in [1.82, 2.24) is 0 Å². The zero-order valence-corrected chi connectivity index (χ0v) is 9.19. The van der Waals surface area contributed by atoms with Gasteiger partial charge < -0.3 is 11.1 Å². The Morgan fingerprint density at radius 3 is 2.57 bits per heavy atom. The van der Waals surface area contributed by atoms with E-state index in [2.05, 4.69) is 25.2 Å². The van der Waals surface area contributed by atoms with Gasteiger partial charge in [0, 0.05) is 5.69 Å². The summed E-state index contributed by atoms with van der Waals surface area (Å²) in [7, 11) is 0. The van der Waals surface area contributed by atoms with E-state index in [0.717, 1.165) is 11.3 Å². The second kappa shape index (κ2) is 4.77. The average molecular weight is 206 g/mol. The molecule has 1 aromatic rings. The maximum absolute atomic E-state index is 5.42. The van der Waals surface area contributed by atoms with Crippen molar-refractivity contribution in [3.05, 3.63) is 35.4 Å². The summed E-state index contributed by atoms with van der Waals surface area (Å²) in [5.41, 5.74) is 8.71. The van der Waals surface area contributed by atoms with Crippen LogP contribution in [0.15, 0.2) is 29.8 Å². The molecule has 0 spiro atoms. The lowest BCUT2D eigenvalue weighted by molar-refractivity contribution is 1.42. The van der Waals surface area contributed by atoms with Gasteiger partial charge >= 0.3 is 0 Å². The molecule has 3 N–H and O–H groups in total. The van der Waals surface area contributed by atoms with Crippen molar-refractivity contribution >= 4 is 29.1 Å². The van der Waals surface area contributed by atoms with Crippen LogP contribution >= 0.6 is 12.2 Å². The van der Waals surface area contributed by atoms with Gasteiger partial charge in [0.25, 0.3) is 0 Å². The maximum atomic E-state index is 5.42.